The molecular formula is C17H12BrCl2N3O3S. The van der Waals surface area contributed by atoms with E-state index in [-0.39, 0.29) is 15.6 Å². The third-order valence-corrected chi connectivity index (χ3v) is 6.78. The predicted octanol–water partition coefficient (Wildman–Crippen LogP) is 4.28. The Hall–Kier alpha value is -1.87. The topological polar surface area (TPSA) is 81.1 Å². The van der Waals surface area contributed by atoms with Gasteiger partial charge in [-0.3, -0.25) is 4.79 Å². The molecule has 0 unspecified atom stereocenters. The number of imidazole rings is 1. The van der Waals surface area contributed by atoms with Crippen molar-refractivity contribution in [1.82, 2.24) is 14.3 Å². The van der Waals surface area contributed by atoms with Gasteiger partial charge in [0, 0.05) is 12.6 Å². The summed E-state index contributed by atoms with van der Waals surface area (Å²) in [5, 5.41) is 0.461. The van der Waals surface area contributed by atoms with Crippen LogP contribution in [0, 0.1) is 0 Å². The smallest absolute Gasteiger partial charge is 0.286 e. The summed E-state index contributed by atoms with van der Waals surface area (Å²) in [6.07, 6.45) is 0. The number of hydrogen-bond donors (Lipinski definition) is 1. The number of amides is 1. The molecule has 1 N–H and O–H groups in total. The van der Waals surface area contributed by atoms with E-state index >= 15 is 0 Å². The molecule has 140 valence electrons. The fraction of sp³-hybridized carbons (Fsp3) is 0.0588. The van der Waals surface area contributed by atoms with Crippen molar-refractivity contribution in [3.05, 3.63) is 68.9 Å². The highest BCUT2D eigenvalue weighted by Crippen LogP contribution is 2.30. The van der Waals surface area contributed by atoms with Gasteiger partial charge in [0.25, 0.3) is 15.9 Å². The minimum Gasteiger partial charge on any atom is -0.321 e. The Balaban J connectivity index is 1.98. The normalized spacial score (nSPS) is 11.4. The number of hydrogen-bond acceptors (Lipinski definition) is 4. The summed E-state index contributed by atoms with van der Waals surface area (Å²) in [5.41, 5.74) is 0.512. The molecule has 0 fully saturated rings. The molecular weight excluding hydrogens is 477 g/mol. The van der Waals surface area contributed by atoms with E-state index in [1.54, 1.807) is 41.9 Å². The monoisotopic (exact) mass is 487 g/mol. The second kappa shape index (κ2) is 7.63. The molecule has 6 nitrogen and oxygen atoms in total. The second-order valence-corrected chi connectivity index (χ2v) is 8.70. The van der Waals surface area contributed by atoms with Crippen molar-refractivity contribution in [2.75, 3.05) is 0 Å². The van der Waals surface area contributed by atoms with Crippen LogP contribution in [0.15, 0.2) is 58.0 Å². The minimum atomic E-state index is -4.16. The van der Waals surface area contributed by atoms with Gasteiger partial charge in [-0.25, -0.2) is 18.1 Å². The molecule has 3 rings (SSSR count). The Bertz CT molecular complexity index is 1150. The fourth-order valence-corrected chi connectivity index (χ4v) is 4.53. The number of carbonyl (C=O) groups is 1. The summed E-state index contributed by atoms with van der Waals surface area (Å²) in [6, 6.07) is 12.8. The van der Waals surface area contributed by atoms with Crippen LogP contribution < -0.4 is 4.72 Å². The van der Waals surface area contributed by atoms with Crippen LogP contribution in [0.25, 0.3) is 11.4 Å². The van der Waals surface area contributed by atoms with Gasteiger partial charge < -0.3 is 4.57 Å². The van der Waals surface area contributed by atoms with E-state index < -0.39 is 15.9 Å². The van der Waals surface area contributed by atoms with Crippen molar-refractivity contribution in [3.8, 4) is 11.4 Å². The van der Waals surface area contributed by atoms with Crippen molar-refractivity contribution in [2.24, 2.45) is 7.05 Å². The summed E-state index contributed by atoms with van der Waals surface area (Å²) in [6.45, 7) is 0. The number of sulfonamides is 1. The lowest BCUT2D eigenvalue weighted by Crippen LogP contribution is -2.31. The number of nitrogens with one attached hydrogen (secondary N) is 1. The molecule has 0 saturated carbocycles. The zero-order valence-electron chi connectivity index (χ0n) is 13.8. The first-order valence-electron chi connectivity index (χ1n) is 7.51. The van der Waals surface area contributed by atoms with E-state index in [2.05, 4.69) is 20.9 Å². The second-order valence-electron chi connectivity index (χ2n) is 5.48. The molecule has 0 aliphatic rings. The molecule has 0 atom stereocenters. The standard InChI is InChI=1S/C17H12BrCl2N3O3S/c1-23-15(18)14(21-16(23)10-6-2-3-7-11(10)19)17(24)22-27(25,26)13-9-5-4-8-12(13)20/h2-9H,1H3,(H,22,24). The molecule has 0 radical (unpaired) electrons. The molecule has 2 aromatic carbocycles. The SMILES string of the molecule is Cn1c(-c2ccccc2Cl)nc(C(=O)NS(=O)(=O)c2ccccc2Cl)c1Br. The molecule has 0 aliphatic heterocycles. The van der Waals surface area contributed by atoms with Crippen molar-refractivity contribution in [3.63, 3.8) is 0 Å². The molecule has 1 aromatic heterocycles. The van der Waals surface area contributed by atoms with Gasteiger partial charge in [0.05, 0.1) is 10.0 Å². The Kier molecular flexibility index (Phi) is 5.62. The van der Waals surface area contributed by atoms with Gasteiger partial charge in [0.2, 0.25) is 0 Å². The summed E-state index contributed by atoms with van der Waals surface area (Å²) >= 11 is 15.4. The molecule has 3 aromatic rings. The number of halogens is 3. The van der Waals surface area contributed by atoms with Crippen LogP contribution in [-0.2, 0) is 17.1 Å². The summed E-state index contributed by atoms with van der Waals surface area (Å²) in [5.74, 6) is -0.483. The highest BCUT2D eigenvalue weighted by molar-refractivity contribution is 9.10. The minimum absolute atomic E-state index is 0.00893. The number of benzene rings is 2. The molecule has 0 aliphatic carbocycles. The van der Waals surface area contributed by atoms with Gasteiger partial charge in [0.15, 0.2) is 5.69 Å². The quantitative estimate of drug-likeness (QED) is 0.594. The Morgan fingerprint density at radius 2 is 1.67 bits per heavy atom. The van der Waals surface area contributed by atoms with Crippen LogP contribution in [-0.4, -0.2) is 23.9 Å². The first kappa shape index (κ1) is 19.9. The van der Waals surface area contributed by atoms with Crippen LogP contribution >= 0.6 is 39.1 Å². The molecule has 1 amide bonds. The predicted molar refractivity (Wildman–Crippen MR) is 107 cm³/mol. The number of carbonyl (C=O) groups excluding carboxylic acids is 1. The average molecular weight is 489 g/mol. The summed E-state index contributed by atoms with van der Waals surface area (Å²) in [4.78, 5) is 16.6. The largest absolute Gasteiger partial charge is 0.321 e. The van der Waals surface area contributed by atoms with Crippen LogP contribution in [0.3, 0.4) is 0 Å². The molecule has 10 heteroatoms. The van der Waals surface area contributed by atoms with Gasteiger partial charge in [-0.2, -0.15) is 0 Å². The molecule has 0 spiro atoms. The van der Waals surface area contributed by atoms with Gasteiger partial charge in [-0.15, -0.1) is 0 Å². The van der Waals surface area contributed by atoms with Gasteiger partial charge in [-0.1, -0.05) is 47.5 Å². The number of aromatic nitrogens is 2. The molecule has 0 bridgehead atoms. The lowest BCUT2D eigenvalue weighted by atomic mass is 10.2. The first-order valence-corrected chi connectivity index (χ1v) is 10.5. The molecule has 1 heterocycles. The third kappa shape index (κ3) is 3.89. The molecule has 0 saturated heterocycles. The maximum absolute atomic E-state index is 12.6. The van der Waals surface area contributed by atoms with E-state index in [4.69, 9.17) is 23.2 Å². The zero-order chi connectivity index (χ0) is 19.8. The Morgan fingerprint density at radius 1 is 1.07 bits per heavy atom. The zero-order valence-corrected chi connectivity index (χ0v) is 17.7. The maximum atomic E-state index is 12.6. The summed E-state index contributed by atoms with van der Waals surface area (Å²) < 4.78 is 28.8. The van der Waals surface area contributed by atoms with E-state index in [1.165, 1.54) is 18.2 Å². The fourth-order valence-electron chi connectivity index (χ4n) is 2.39. The Morgan fingerprint density at radius 3 is 2.30 bits per heavy atom. The van der Waals surface area contributed by atoms with E-state index in [0.29, 0.717) is 21.0 Å². The van der Waals surface area contributed by atoms with Gasteiger partial charge in [0.1, 0.15) is 15.3 Å². The van der Waals surface area contributed by atoms with Crippen molar-refractivity contribution in [2.45, 2.75) is 4.90 Å². The maximum Gasteiger partial charge on any atom is 0.286 e. The van der Waals surface area contributed by atoms with Crippen molar-refractivity contribution < 1.29 is 13.2 Å². The van der Waals surface area contributed by atoms with Crippen molar-refractivity contribution in [1.29, 1.82) is 0 Å². The number of nitrogens with zero attached hydrogens (tertiary/aromatic N) is 2. The highest BCUT2D eigenvalue weighted by Gasteiger charge is 2.26. The van der Waals surface area contributed by atoms with E-state index in [0.717, 1.165) is 0 Å². The number of rotatable bonds is 4. The lowest BCUT2D eigenvalue weighted by molar-refractivity contribution is 0.0976. The molecule has 27 heavy (non-hydrogen) atoms. The van der Waals surface area contributed by atoms with Gasteiger partial charge in [-0.05, 0) is 40.2 Å². The van der Waals surface area contributed by atoms with E-state index in [9.17, 15) is 13.2 Å². The van der Waals surface area contributed by atoms with Crippen molar-refractivity contribution >= 4 is 55.1 Å². The van der Waals surface area contributed by atoms with E-state index in [1.807, 2.05) is 4.72 Å². The van der Waals surface area contributed by atoms with Crippen LogP contribution in [0.4, 0.5) is 0 Å². The highest BCUT2D eigenvalue weighted by atomic mass is 79.9. The van der Waals surface area contributed by atoms with Crippen LogP contribution in [0.5, 0.6) is 0 Å². The van der Waals surface area contributed by atoms with Crippen LogP contribution in [0.2, 0.25) is 10.0 Å². The third-order valence-electron chi connectivity index (χ3n) is 3.71. The Labute approximate surface area is 174 Å². The average Bonchev–Trinajstić information content (AvgIpc) is 2.91. The van der Waals surface area contributed by atoms with Crippen LogP contribution in [0.1, 0.15) is 10.5 Å². The lowest BCUT2D eigenvalue weighted by Gasteiger charge is -2.07. The van der Waals surface area contributed by atoms with Gasteiger partial charge >= 0.3 is 0 Å². The summed E-state index contributed by atoms with van der Waals surface area (Å²) in [7, 11) is -2.48. The first-order chi connectivity index (χ1) is 12.7.